The van der Waals surface area contributed by atoms with Crippen molar-refractivity contribution in [2.24, 2.45) is 0 Å². The molecule has 2 heterocycles. The second-order valence-corrected chi connectivity index (χ2v) is 7.03. The van der Waals surface area contributed by atoms with Gasteiger partial charge in [-0.25, -0.2) is 0 Å². The van der Waals surface area contributed by atoms with E-state index < -0.39 is 0 Å². The van der Waals surface area contributed by atoms with Gasteiger partial charge in [0, 0.05) is 18.8 Å². The summed E-state index contributed by atoms with van der Waals surface area (Å²) in [6.07, 6.45) is 1.79. The Labute approximate surface area is 165 Å². The normalized spacial score (nSPS) is 21.2. The van der Waals surface area contributed by atoms with Crippen LogP contribution in [-0.2, 0) is 4.74 Å². The van der Waals surface area contributed by atoms with E-state index in [1.54, 1.807) is 7.11 Å². The molecule has 6 heteroatoms. The third-order valence-corrected chi connectivity index (χ3v) is 5.25. The molecule has 148 valence electrons. The van der Waals surface area contributed by atoms with Gasteiger partial charge in [-0.05, 0) is 49.6 Å². The Hall–Kier alpha value is -2.73. The highest BCUT2D eigenvalue weighted by molar-refractivity contribution is 6.01. The molecule has 2 aromatic carbocycles. The van der Waals surface area contributed by atoms with Gasteiger partial charge < -0.3 is 24.4 Å². The predicted molar refractivity (Wildman–Crippen MR) is 107 cm³/mol. The third-order valence-electron chi connectivity index (χ3n) is 5.25. The number of nitrogens with one attached hydrogen (secondary N) is 1. The first-order valence-electron chi connectivity index (χ1n) is 9.80. The van der Waals surface area contributed by atoms with Gasteiger partial charge in [0.25, 0.3) is 5.91 Å². The standard InChI is InChI=1S/C22H26N2O4/c1-3-27-19-11-10-15(13-20(19)26-2)21-23-18-9-5-4-8-17(18)22(25)24(21)14-16-7-6-12-28-16/h4-5,8-11,13,16,21,23H,3,6-7,12,14H2,1-2H3/t16-,21-/m1/s1. The molecule has 1 amide bonds. The minimum absolute atomic E-state index is 0.0164. The number of amides is 1. The maximum absolute atomic E-state index is 13.3. The highest BCUT2D eigenvalue weighted by atomic mass is 16.5. The van der Waals surface area contributed by atoms with Crippen LogP contribution in [0.25, 0.3) is 0 Å². The second kappa shape index (κ2) is 8.10. The van der Waals surface area contributed by atoms with E-state index in [0.717, 1.165) is 30.7 Å². The lowest BCUT2D eigenvalue weighted by Gasteiger charge is -2.39. The number of nitrogens with zero attached hydrogens (tertiary/aromatic N) is 1. The number of methoxy groups -OCH3 is 1. The van der Waals surface area contributed by atoms with Gasteiger partial charge in [-0.2, -0.15) is 0 Å². The summed E-state index contributed by atoms with van der Waals surface area (Å²) < 4.78 is 17.0. The zero-order chi connectivity index (χ0) is 19.5. The summed E-state index contributed by atoms with van der Waals surface area (Å²) in [6.45, 7) is 3.82. The van der Waals surface area contributed by atoms with E-state index in [1.165, 1.54) is 0 Å². The van der Waals surface area contributed by atoms with Crippen LogP contribution in [0.1, 0.15) is 41.9 Å². The van der Waals surface area contributed by atoms with Crippen molar-refractivity contribution in [2.45, 2.75) is 32.0 Å². The van der Waals surface area contributed by atoms with Crippen molar-refractivity contribution >= 4 is 11.6 Å². The molecule has 2 aliphatic heterocycles. The molecule has 28 heavy (non-hydrogen) atoms. The summed E-state index contributed by atoms with van der Waals surface area (Å²) >= 11 is 0. The van der Waals surface area contributed by atoms with Gasteiger partial charge in [-0.15, -0.1) is 0 Å². The number of hydrogen-bond donors (Lipinski definition) is 1. The van der Waals surface area contributed by atoms with Crippen molar-refractivity contribution in [1.82, 2.24) is 4.90 Å². The Bertz CT molecular complexity index is 848. The van der Waals surface area contributed by atoms with Crippen LogP contribution in [-0.4, -0.2) is 43.8 Å². The van der Waals surface area contributed by atoms with E-state index in [0.29, 0.717) is 30.2 Å². The number of anilines is 1. The molecule has 4 rings (SSSR count). The SMILES string of the molecule is CCOc1ccc([C@@H]2Nc3ccccc3C(=O)N2C[C@H]2CCCO2)cc1OC. The van der Waals surface area contributed by atoms with Crippen molar-refractivity contribution in [3.05, 3.63) is 53.6 Å². The fourth-order valence-corrected chi connectivity index (χ4v) is 3.88. The summed E-state index contributed by atoms with van der Waals surface area (Å²) in [4.78, 5) is 15.2. The fourth-order valence-electron chi connectivity index (χ4n) is 3.88. The Morgan fingerprint density at radius 3 is 2.82 bits per heavy atom. The van der Waals surface area contributed by atoms with Gasteiger partial charge in [-0.3, -0.25) is 4.79 Å². The first-order chi connectivity index (χ1) is 13.7. The molecule has 2 aromatic rings. The van der Waals surface area contributed by atoms with Crippen molar-refractivity contribution in [2.75, 3.05) is 32.2 Å². The number of carbonyl (C=O) groups excluding carboxylic acids is 1. The number of carbonyl (C=O) groups is 1. The van der Waals surface area contributed by atoms with E-state index in [-0.39, 0.29) is 18.2 Å². The molecule has 2 aliphatic rings. The van der Waals surface area contributed by atoms with E-state index in [4.69, 9.17) is 14.2 Å². The lowest BCUT2D eigenvalue weighted by Crippen LogP contribution is -2.46. The largest absolute Gasteiger partial charge is 0.493 e. The molecule has 0 saturated carbocycles. The average molecular weight is 382 g/mol. The number of benzene rings is 2. The molecule has 2 atom stereocenters. The quantitative estimate of drug-likeness (QED) is 0.823. The van der Waals surface area contributed by atoms with Gasteiger partial charge in [-0.1, -0.05) is 18.2 Å². The van der Waals surface area contributed by atoms with Crippen LogP contribution < -0.4 is 14.8 Å². The number of para-hydroxylation sites is 1. The van der Waals surface area contributed by atoms with Crippen molar-refractivity contribution in [3.63, 3.8) is 0 Å². The molecule has 0 spiro atoms. The van der Waals surface area contributed by atoms with Gasteiger partial charge in [0.05, 0.1) is 25.4 Å². The van der Waals surface area contributed by atoms with E-state index in [9.17, 15) is 4.79 Å². The minimum atomic E-state index is -0.295. The maximum atomic E-state index is 13.3. The van der Waals surface area contributed by atoms with E-state index in [2.05, 4.69) is 5.32 Å². The lowest BCUT2D eigenvalue weighted by molar-refractivity contribution is 0.0426. The summed E-state index contributed by atoms with van der Waals surface area (Å²) in [5.41, 5.74) is 2.48. The number of hydrogen-bond acceptors (Lipinski definition) is 5. The van der Waals surface area contributed by atoms with E-state index >= 15 is 0 Å². The molecule has 1 saturated heterocycles. The van der Waals surface area contributed by atoms with Crippen LogP contribution in [0.4, 0.5) is 5.69 Å². The molecule has 6 nitrogen and oxygen atoms in total. The Balaban J connectivity index is 1.70. The smallest absolute Gasteiger partial charge is 0.257 e. The molecular formula is C22H26N2O4. The summed E-state index contributed by atoms with van der Waals surface area (Å²) in [5, 5.41) is 3.52. The van der Waals surface area contributed by atoms with Crippen molar-refractivity contribution in [1.29, 1.82) is 0 Å². The molecule has 0 aromatic heterocycles. The summed E-state index contributed by atoms with van der Waals surface area (Å²) in [5.74, 6) is 1.37. The first kappa shape index (κ1) is 18.6. The van der Waals surface area contributed by atoms with Gasteiger partial charge in [0.1, 0.15) is 6.17 Å². The molecule has 0 radical (unpaired) electrons. The Kier molecular flexibility index (Phi) is 5.39. The van der Waals surface area contributed by atoms with Gasteiger partial charge in [0.2, 0.25) is 0 Å². The van der Waals surface area contributed by atoms with Crippen LogP contribution in [0.3, 0.4) is 0 Å². The van der Waals surface area contributed by atoms with Crippen molar-refractivity contribution in [3.8, 4) is 11.5 Å². The zero-order valence-electron chi connectivity index (χ0n) is 16.3. The Morgan fingerprint density at radius 2 is 2.07 bits per heavy atom. The van der Waals surface area contributed by atoms with Crippen LogP contribution >= 0.6 is 0 Å². The van der Waals surface area contributed by atoms with Crippen LogP contribution in [0.2, 0.25) is 0 Å². The summed E-state index contributed by atoms with van der Waals surface area (Å²) in [7, 11) is 1.63. The Morgan fingerprint density at radius 1 is 1.21 bits per heavy atom. The first-order valence-corrected chi connectivity index (χ1v) is 9.80. The van der Waals surface area contributed by atoms with Crippen molar-refractivity contribution < 1.29 is 19.0 Å². The van der Waals surface area contributed by atoms with Crippen LogP contribution in [0, 0.1) is 0 Å². The minimum Gasteiger partial charge on any atom is -0.493 e. The second-order valence-electron chi connectivity index (χ2n) is 7.03. The average Bonchev–Trinajstić information content (AvgIpc) is 3.24. The van der Waals surface area contributed by atoms with Gasteiger partial charge >= 0.3 is 0 Å². The van der Waals surface area contributed by atoms with E-state index in [1.807, 2.05) is 54.3 Å². The number of rotatable bonds is 6. The fraction of sp³-hybridized carbons (Fsp3) is 0.409. The van der Waals surface area contributed by atoms with Gasteiger partial charge in [0.15, 0.2) is 11.5 Å². The molecule has 1 fully saturated rings. The monoisotopic (exact) mass is 382 g/mol. The van der Waals surface area contributed by atoms with Crippen LogP contribution in [0.5, 0.6) is 11.5 Å². The highest BCUT2D eigenvalue weighted by Gasteiger charge is 2.35. The summed E-state index contributed by atoms with van der Waals surface area (Å²) in [6, 6.07) is 13.4. The maximum Gasteiger partial charge on any atom is 0.257 e. The molecule has 0 unspecified atom stereocenters. The predicted octanol–water partition coefficient (Wildman–Crippen LogP) is 3.84. The third kappa shape index (κ3) is 3.52. The molecule has 0 bridgehead atoms. The highest BCUT2D eigenvalue weighted by Crippen LogP contribution is 2.37. The topological polar surface area (TPSA) is 60.0 Å². The lowest BCUT2D eigenvalue weighted by atomic mass is 10.0. The molecular weight excluding hydrogens is 356 g/mol. The number of ether oxygens (including phenoxy) is 3. The van der Waals surface area contributed by atoms with Crippen LogP contribution in [0.15, 0.2) is 42.5 Å². The number of fused-ring (bicyclic) bond motifs is 1. The molecule has 0 aliphatic carbocycles. The molecule has 1 N–H and O–H groups in total. The zero-order valence-corrected chi connectivity index (χ0v) is 16.3.